The van der Waals surface area contributed by atoms with Crippen LogP contribution < -0.4 is 5.19 Å². The average molecular weight is 609 g/mol. The average Bonchev–Trinajstić information content (AvgIpc) is 3.39. The number of hydrogen-bond donors (Lipinski definition) is 0. The highest BCUT2D eigenvalue weighted by Gasteiger charge is 2.51. The Balaban J connectivity index is 2.00. The molecule has 1 aliphatic rings. The van der Waals surface area contributed by atoms with Gasteiger partial charge in [-0.05, 0) is 53.8 Å². The molecule has 1 heterocycles. The highest BCUT2D eigenvalue weighted by atomic mass is 28.4. The molecule has 0 spiro atoms. The van der Waals surface area contributed by atoms with Crippen LogP contribution in [0.2, 0.25) is 54.9 Å². The van der Waals surface area contributed by atoms with Crippen LogP contribution in [0.25, 0.3) is 0 Å². The van der Waals surface area contributed by atoms with Gasteiger partial charge in [0.25, 0.3) is 0 Å². The maximum atomic E-state index is 7.24. The van der Waals surface area contributed by atoms with Crippen LogP contribution in [0, 0.1) is 11.5 Å². The highest BCUT2D eigenvalue weighted by Crippen LogP contribution is 2.44. The Morgan fingerprint density at radius 3 is 1.98 bits per heavy atom. The lowest BCUT2D eigenvalue weighted by molar-refractivity contribution is -0.0463. The van der Waals surface area contributed by atoms with E-state index in [1.165, 1.54) is 28.9 Å². The van der Waals surface area contributed by atoms with E-state index in [-0.39, 0.29) is 23.4 Å². The molecule has 0 saturated carbocycles. The molecule has 0 unspecified atom stereocenters. The van der Waals surface area contributed by atoms with E-state index in [0.29, 0.717) is 18.8 Å². The van der Waals surface area contributed by atoms with Gasteiger partial charge in [0, 0.05) is 0 Å². The zero-order valence-electron chi connectivity index (χ0n) is 27.6. The summed E-state index contributed by atoms with van der Waals surface area (Å²) in [5, 5.41) is 1.57. The fourth-order valence-corrected chi connectivity index (χ4v) is 12.8. The predicted octanol–water partition coefficient (Wildman–Crippen LogP) is 8.79. The summed E-state index contributed by atoms with van der Waals surface area (Å²) in [5.74, 6) is 3.82. The SMILES string of the molecule is CC[Si](C#C[C@@H](O[Si](C)(C)C(C)(C)C)[C@@H]1O[C@@H](COCc2ccccc2)C[C@H]1[Si](C)(C)c1ccccc1)(CC)CC. The number of hydrogen-bond acceptors (Lipinski definition) is 3. The normalized spacial score (nSPS) is 20.9. The molecule has 3 nitrogen and oxygen atoms in total. The van der Waals surface area contributed by atoms with Crippen molar-refractivity contribution < 1.29 is 13.9 Å². The van der Waals surface area contributed by atoms with Gasteiger partial charge in [0.15, 0.2) is 8.32 Å². The van der Waals surface area contributed by atoms with Crippen LogP contribution in [-0.4, -0.2) is 49.4 Å². The van der Waals surface area contributed by atoms with Gasteiger partial charge in [-0.1, -0.05) is 126 Å². The summed E-state index contributed by atoms with van der Waals surface area (Å²) in [7, 11) is -5.70. The van der Waals surface area contributed by atoms with Crippen molar-refractivity contribution in [3.8, 4) is 11.5 Å². The first-order valence-corrected chi connectivity index (χ1v) is 24.4. The number of ether oxygens (including phenoxy) is 2. The van der Waals surface area contributed by atoms with Crippen molar-refractivity contribution >= 4 is 29.7 Å². The Labute approximate surface area is 254 Å². The smallest absolute Gasteiger partial charge is 0.193 e. The van der Waals surface area contributed by atoms with Crippen LogP contribution in [0.15, 0.2) is 60.7 Å². The summed E-state index contributed by atoms with van der Waals surface area (Å²) in [5.41, 5.74) is 5.50. The second kappa shape index (κ2) is 14.3. The molecule has 0 bridgehead atoms. The van der Waals surface area contributed by atoms with Crippen LogP contribution in [0.5, 0.6) is 0 Å². The maximum Gasteiger partial charge on any atom is 0.193 e. The van der Waals surface area contributed by atoms with Gasteiger partial charge in [0.1, 0.15) is 14.2 Å². The van der Waals surface area contributed by atoms with Crippen LogP contribution in [-0.2, 0) is 20.5 Å². The summed E-state index contributed by atoms with van der Waals surface area (Å²) in [4.78, 5) is 0. The van der Waals surface area contributed by atoms with Crippen LogP contribution >= 0.6 is 0 Å². The van der Waals surface area contributed by atoms with Gasteiger partial charge in [-0.2, -0.15) is 0 Å². The van der Waals surface area contributed by atoms with Crippen LogP contribution in [0.3, 0.4) is 0 Å². The molecule has 1 fully saturated rings. The Morgan fingerprint density at radius 1 is 0.878 bits per heavy atom. The zero-order valence-corrected chi connectivity index (χ0v) is 30.6. The lowest BCUT2D eigenvalue weighted by Crippen LogP contribution is -2.53. The minimum atomic E-state index is -2.10. The molecule has 226 valence electrons. The topological polar surface area (TPSA) is 27.7 Å². The van der Waals surface area contributed by atoms with Crippen molar-refractivity contribution in [2.45, 2.75) is 128 Å². The molecule has 0 N–H and O–H groups in total. The molecule has 3 rings (SSSR count). The number of benzene rings is 2. The Bertz CT molecular complexity index is 1120. The first-order chi connectivity index (χ1) is 19.3. The van der Waals surface area contributed by atoms with E-state index in [0.717, 1.165) is 6.42 Å². The summed E-state index contributed by atoms with van der Waals surface area (Å²) in [6, 6.07) is 25.1. The molecule has 1 saturated heterocycles. The summed E-state index contributed by atoms with van der Waals surface area (Å²) >= 11 is 0. The second-order valence-electron chi connectivity index (χ2n) is 14.1. The summed E-state index contributed by atoms with van der Waals surface area (Å²) in [6.45, 7) is 24.9. The van der Waals surface area contributed by atoms with Crippen molar-refractivity contribution in [1.29, 1.82) is 0 Å². The largest absolute Gasteiger partial charge is 0.401 e. The molecule has 0 amide bonds. The summed E-state index contributed by atoms with van der Waals surface area (Å²) in [6.07, 6.45) is 0.764. The molecule has 41 heavy (non-hydrogen) atoms. The Hall–Kier alpha value is -1.47. The first-order valence-electron chi connectivity index (χ1n) is 15.8. The van der Waals surface area contributed by atoms with Gasteiger partial charge in [-0.15, -0.1) is 5.54 Å². The molecular formula is C35H56O3Si3. The number of rotatable bonds is 12. The lowest BCUT2D eigenvalue weighted by Gasteiger charge is -2.42. The van der Waals surface area contributed by atoms with Gasteiger partial charge in [0.05, 0.1) is 33.5 Å². The third-order valence-corrected chi connectivity index (χ3v) is 23.6. The third kappa shape index (κ3) is 8.55. The van der Waals surface area contributed by atoms with Crippen molar-refractivity contribution in [1.82, 2.24) is 0 Å². The quantitative estimate of drug-likeness (QED) is 0.178. The van der Waals surface area contributed by atoms with Gasteiger partial charge in [0.2, 0.25) is 0 Å². The van der Waals surface area contributed by atoms with Crippen LogP contribution in [0.4, 0.5) is 0 Å². The van der Waals surface area contributed by atoms with Crippen molar-refractivity contribution in [3.63, 3.8) is 0 Å². The van der Waals surface area contributed by atoms with E-state index in [9.17, 15) is 0 Å². The molecule has 4 atom stereocenters. The molecule has 6 heteroatoms. The van der Waals surface area contributed by atoms with E-state index < -0.39 is 24.5 Å². The van der Waals surface area contributed by atoms with Crippen molar-refractivity contribution in [3.05, 3.63) is 66.2 Å². The Morgan fingerprint density at radius 2 is 1.44 bits per heavy atom. The predicted molar refractivity (Wildman–Crippen MR) is 184 cm³/mol. The second-order valence-corrected chi connectivity index (χ2v) is 28.5. The molecule has 0 aromatic heterocycles. The third-order valence-electron chi connectivity index (χ3n) is 10.2. The minimum absolute atomic E-state index is 0.0436. The molecule has 0 aliphatic carbocycles. The van der Waals surface area contributed by atoms with Gasteiger partial charge >= 0.3 is 0 Å². The van der Waals surface area contributed by atoms with Gasteiger partial charge in [-0.3, -0.25) is 0 Å². The van der Waals surface area contributed by atoms with E-state index in [2.05, 4.69) is 134 Å². The Kier molecular flexibility index (Phi) is 11.9. The fourth-order valence-electron chi connectivity index (χ4n) is 5.76. The summed E-state index contributed by atoms with van der Waals surface area (Å²) < 4.78 is 20.5. The molecule has 2 aromatic carbocycles. The van der Waals surface area contributed by atoms with Gasteiger partial charge < -0.3 is 13.9 Å². The van der Waals surface area contributed by atoms with E-state index in [1.54, 1.807) is 0 Å². The zero-order chi connectivity index (χ0) is 30.3. The minimum Gasteiger partial charge on any atom is -0.401 e. The van der Waals surface area contributed by atoms with E-state index in [4.69, 9.17) is 13.9 Å². The van der Waals surface area contributed by atoms with Crippen LogP contribution in [0.1, 0.15) is 53.5 Å². The molecular weight excluding hydrogens is 553 g/mol. The van der Waals surface area contributed by atoms with E-state index in [1.807, 2.05) is 6.07 Å². The monoisotopic (exact) mass is 608 g/mol. The standard InChI is InChI=1S/C35H56O3Si3/c1-11-41(12-2,13-3)25-24-32(38-40(9,10)35(4,5)6)34-33(39(7,8)31-22-18-15-19-23-31)26-30(37-34)28-36-27-29-20-16-14-17-21-29/h14-23,30,32-34H,11-13,26-28H2,1-10H3/t30-,32-,33-,34+/m1/s1. The maximum absolute atomic E-state index is 7.24. The lowest BCUT2D eigenvalue weighted by atomic mass is 10.1. The van der Waals surface area contributed by atoms with Crippen molar-refractivity contribution in [2.75, 3.05) is 6.61 Å². The van der Waals surface area contributed by atoms with Crippen molar-refractivity contribution in [2.24, 2.45) is 0 Å². The van der Waals surface area contributed by atoms with E-state index >= 15 is 0 Å². The van der Waals surface area contributed by atoms with Gasteiger partial charge in [-0.25, -0.2) is 0 Å². The molecule has 2 aromatic rings. The first kappa shape index (κ1) is 34.0. The molecule has 1 aliphatic heterocycles. The molecule has 0 radical (unpaired) electrons. The highest BCUT2D eigenvalue weighted by molar-refractivity contribution is 6.91. The fraction of sp³-hybridized carbons (Fsp3) is 0.600.